The number of aliphatic carboxylic acids is 1. The van der Waals surface area contributed by atoms with Gasteiger partial charge in [0.05, 0.1) is 27.7 Å². The van der Waals surface area contributed by atoms with E-state index in [0.29, 0.717) is 11.8 Å². The predicted octanol–water partition coefficient (Wildman–Crippen LogP) is 5.20. The number of benzene rings is 2. The Labute approximate surface area is 209 Å². The van der Waals surface area contributed by atoms with E-state index >= 15 is 0 Å². The first kappa shape index (κ1) is 28.0. The summed E-state index contributed by atoms with van der Waals surface area (Å²) >= 11 is 11.8. The van der Waals surface area contributed by atoms with Gasteiger partial charge in [-0.25, -0.2) is 13.2 Å². The van der Waals surface area contributed by atoms with Gasteiger partial charge in [0.2, 0.25) is 0 Å². The van der Waals surface area contributed by atoms with Crippen molar-refractivity contribution in [1.82, 2.24) is 5.32 Å². The van der Waals surface area contributed by atoms with E-state index in [1.165, 1.54) is 0 Å². The van der Waals surface area contributed by atoms with Crippen LogP contribution in [0, 0.1) is 28.8 Å². The molecule has 4 N–H and O–H groups in total. The third-order valence-corrected chi connectivity index (χ3v) is 5.52. The minimum absolute atomic E-state index is 0.00590. The lowest BCUT2D eigenvalue weighted by molar-refractivity contribution is -0.136. The average Bonchev–Trinajstić information content (AvgIpc) is 2.78. The van der Waals surface area contributed by atoms with Crippen molar-refractivity contribution >= 4 is 47.0 Å². The summed E-state index contributed by atoms with van der Waals surface area (Å²) in [6.45, 7) is 3.53. The van der Waals surface area contributed by atoms with Crippen LogP contribution in [-0.2, 0) is 16.0 Å². The van der Waals surface area contributed by atoms with Gasteiger partial charge in [-0.2, -0.15) is 0 Å². The molecule has 0 aliphatic heterocycles. The Hall–Kier alpha value is -3.24. The zero-order valence-corrected chi connectivity index (χ0v) is 20.2. The second kappa shape index (κ2) is 12.5. The third-order valence-electron chi connectivity index (χ3n) is 4.64. The fraction of sp³-hybridized carbons (Fsp3) is 0.261. The summed E-state index contributed by atoms with van der Waals surface area (Å²) in [4.78, 5) is 23.9. The van der Waals surface area contributed by atoms with E-state index < -0.39 is 46.5 Å². The van der Waals surface area contributed by atoms with Gasteiger partial charge in [0.1, 0.15) is 12.4 Å². The molecule has 1 amide bonds. The number of allylic oxidation sites excluding steroid dienone is 1. The van der Waals surface area contributed by atoms with Crippen LogP contribution in [0.1, 0.15) is 19.4 Å². The van der Waals surface area contributed by atoms with Crippen molar-refractivity contribution in [2.75, 3.05) is 18.5 Å². The van der Waals surface area contributed by atoms with Crippen molar-refractivity contribution in [2.45, 2.75) is 20.3 Å². The van der Waals surface area contributed by atoms with Crippen LogP contribution in [0.3, 0.4) is 0 Å². The number of nitrogens with one attached hydrogen (secondary N) is 3. The molecular weight excluding hydrogens is 510 g/mol. The van der Waals surface area contributed by atoms with E-state index in [0.717, 1.165) is 24.4 Å². The predicted molar refractivity (Wildman–Crippen MR) is 127 cm³/mol. The van der Waals surface area contributed by atoms with E-state index in [4.69, 9.17) is 38.5 Å². The van der Waals surface area contributed by atoms with Crippen LogP contribution in [0.2, 0.25) is 10.0 Å². The van der Waals surface area contributed by atoms with E-state index in [1.54, 1.807) is 13.8 Å². The highest BCUT2D eigenvalue weighted by molar-refractivity contribution is 6.43. The van der Waals surface area contributed by atoms with Gasteiger partial charge in [-0.05, 0) is 29.7 Å². The van der Waals surface area contributed by atoms with Gasteiger partial charge >= 0.3 is 5.97 Å². The van der Waals surface area contributed by atoms with Gasteiger partial charge in [0.25, 0.3) is 5.91 Å². The van der Waals surface area contributed by atoms with Crippen LogP contribution in [-0.4, -0.2) is 36.3 Å². The molecule has 0 aliphatic carbocycles. The number of hydrogen-bond donors (Lipinski definition) is 4. The lowest BCUT2D eigenvalue weighted by Gasteiger charge is -2.19. The Bertz CT molecular complexity index is 1170. The number of ether oxygens (including phenoxy) is 1. The van der Waals surface area contributed by atoms with Gasteiger partial charge in [-0.1, -0.05) is 37.0 Å². The molecule has 2 aromatic carbocycles. The number of hydrogen-bond acceptors (Lipinski definition) is 5. The molecule has 0 saturated heterocycles. The van der Waals surface area contributed by atoms with Gasteiger partial charge in [0.15, 0.2) is 17.4 Å². The van der Waals surface area contributed by atoms with Gasteiger partial charge < -0.3 is 25.9 Å². The number of amides is 1. The first-order valence-electron chi connectivity index (χ1n) is 10.2. The minimum atomic E-state index is -1.24. The zero-order valence-electron chi connectivity index (χ0n) is 18.6. The highest BCUT2D eigenvalue weighted by Crippen LogP contribution is 2.34. The molecule has 0 unspecified atom stereocenters. The maximum Gasteiger partial charge on any atom is 0.307 e. The summed E-state index contributed by atoms with van der Waals surface area (Å²) < 4.78 is 46.5. The maximum absolute atomic E-state index is 14.6. The number of carboxylic acids is 1. The van der Waals surface area contributed by atoms with Crippen molar-refractivity contribution < 1.29 is 32.6 Å². The van der Waals surface area contributed by atoms with Crippen molar-refractivity contribution in [2.24, 2.45) is 5.92 Å². The Morgan fingerprint density at radius 1 is 1.17 bits per heavy atom. The van der Waals surface area contributed by atoms with Crippen LogP contribution in [0.15, 0.2) is 35.5 Å². The van der Waals surface area contributed by atoms with Crippen LogP contribution in [0.5, 0.6) is 5.75 Å². The zero-order chi connectivity index (χ0) is 26.3. The molecule has 0 aliphatic rings. The molecule has 188 valence electrons. The van der Waals surface area contributed by atoms with Gasteiger partial charge in [0, 0.05) is 24.5 Å². The maximum atomic E-state index is 14.6. The van der Waals surface area contributed by atoms with E-state index in [9.17, 15) is 22.8 Å². The molecule has 2 rings (SSSR count). The molecule has 0 saturated carbocycles. The standard InChI is InChI=1S/C23H22Cl2F3N3O4/c1-11(2)22(30-5-6-35-17-4-3-13(26)9-15(17)27)14(10-29)23(34)31-16-7-12(8-18(32)33)19(24)20(25)21(16)28/h3-4,7,9-11,29-30H,5-6,8H2,1-2H3,(H,31,34)(H,32,33)/b22-14+,29-10?. The Morgan fingerprint density at radius 3 is 2.43 bits per heavy atom. The number of carbonyl (C=O) groups is 2. The van der Waals surface area contributed by atoms with Crippen LogP contribution in [0.4, 0.5) is 18.9 Å². The first-order chi connectivity index (χ1) is 16.5. The monoisotopic (exact) mass is 531 g/mol. The smallest absolute Gasteiger partial charge is 0.307 e. The summed E-state index contributed by atoms with van der Waals surface area (Å²) in [5, 5.41) is 21.1. The Morgan fingerprint density at radius 2 is 1.86 bits per heavy atom. The Balaban J connectivity index is 2.21. The van der Waals surface area contributed by atoms with Gasteiger partial charge in [-0.3, -0.25) is 9.59 Å². The summed E-state index contributed by atoms with van der Waals surface area (Å²) in [5.74, 6) is -5.21. The molecule has 0 atom stereocenters. The van der Waals surface area contributed by atoms with E-state index in [2.05, 4.69) is 10.6 Å². The molecule has 0 aromatic heterocycles. The second-order valence-electron chi connectivity index (χ2n) is 7.53. The number of halogens is 5. The molecule has 0 radical (unpaired) electrons. The molecule has 35 heavy (non-hydrogen) atoms. The third kappa shape index (κ3) is 7.37. The van der Waals surface area contributed by atoms with Crippen LogP contribution in [0.25, 0.3) is 0 Å². The topological polar surface area (TPSA) is 112 Å². The molecule has 7 nitrogen and oxygen atoms in total. The highest BCUT2D eigenvalue weighted by atomic mass is 35.5. The minimum Gasteiger partial charge on any atom is -0.489 e. The van der Waals surface area contributed by atoms with Crippen LogP contribution < -0.4 is 15.4 Å². The van der Waals surface area contributed by atoms with E-state index in [1.807, 2.05) is 0 Å². The SMILES string of the molecule is CC(C)/C(NCCOc1ccc(F)cc1F)=C(/C=N)C(=O)Nc1cc(CC(=O)O)c(Cl)c(Cl)c1F. The molecule has 2 aromatic rings. The van der Waals surface area contributed by atoms with Gasteiger partial charge in [-0.15, -0.1) is 0 Å². The highest BCUT2D eigenvalue weighted by Gasteiger charge is 2.22. The summed E-state index contributed by atoms with van der Waals surface area (Å²) in [6.07, 6.45) is 0.216. The molecular formula is C23H22Cl2F3N3O4. The van der Waals surface area contributed by atoms with Crippen molar-refractivity contribution in [1.29, 1.82) is 5.41 Å². The molecule has 0 heterocycles. The Kier molecular flexibility index (Phi) is 9.97. The number of rotatable bonds is 11. The number of carbonyl (C=O) groups excluding carboxylic acids is 1. The van der Waals surface area contributed by atoms with Crippen LogP contribution >= 0.6 is 23.2 Å². The molecule has 12 heteroatoms. The fourth-order valence-corrected chi connectivity index (χ4v) is 3.47. The fourth-order valence-electron chi connectivity index (χ4n) is 3.04. The quantitative estimate of drug-likeness (QED) is 0.138. The number of anilines is 1. The molecule has 0 fully saturated rings. The summed E-state index contributed by atoms with van der Waals surface area (Å²) in [6, 6.07) is 3.94. The lowest BCUT2D eigenvalue weighted by Crippen LogP contribution is -2.29. The summed E-state index contributed by atoms with van der Waals surface area (Å²) in [7, 11) is 0. The van der Waals surface area contributed by atoms with Crippen molar-refractivity contribution in [3.8, 4) is 5.75 Å². The molecule has 0 bridgehead atoms. The molecule has 0 spiro atoms. The normalized spacial score (nSPS) is 11.7. The largest absolute Gasteiger partial charge is 0.489 e. The number of carboxylic acid groups (broad SMARTS) is 1. The summed E-state index contributed by atoms with van der Waals surface area (Å²) in [5.41, 5.74) is -0.239. The lowest BCUT2D eigenvalue weighted by atomic mass is 10.0. The van der Waals surface area contributed by atoms with E-state index in [-0.39, 0.29) is 41.0 Å². The van der Waals surface area contributed by atoms with Crippen molar-refractivity contribution in [3.05, 3.63) is 68.6 Å². The first-order valence-corrected chi connectivity index (χ1v) is 11.0. The second-order valence-corrected chi connectivity index (χ2v) is 8.28. The average molecular weight is 532 g/mol. The van der Waals surface area contributed by atoms with Crippen molar-refractivity contribution in [3.63, 3.8) is 0 Å².